The lowest BCUT2D eigenvalue weighted by molar-refractivity contribution is 0.128. The first-order chi connectivity index (χ1) is 9.21. The Morgan fingerprint density at radius 1 is 1.42 bits per heavy atom. The first-order valence-corrected chi connectivity index (χ1v) is 6.43. The van der Waals surface area contributed by atoms with E-state index in [-0.39, 0.29) is 0 Å². The van der Waals surface area contributed by atoms with E-state index in [4.69, 9.17) is 15.0 Å². The molecule has 0 fully saturated rings. The summed E-state index contributed by atoms with van der Waals surface area (Å²) in [5.74, 6) is 6.92. The molecule has 0 radical (unpaired) electrons. The fourth-order valence-electron chi connectivity index (χ4n) is 1.27. The van der Waals surface area contributed by atoms with Crippen molar-refractivity contribution in [3.63, 3.8) is 0 Å². The summed E-state index contributed by atoms with van der Waals surface area (Å²) in [6.45, 7) is 4.55. The summed E-state index contributed by atoms with van der Waals surface area (Å²) in [7, 11) is 0. The lowest BCUT2D eigenvalue weighted by atomic mass is 10.5. The standard InChI is InChI=1S/C10H14N6O2S/c1-3-17-5-8-12-7(14-11)4-9(13-8)19-10-16-15-6(2)18-10/h4H,3,5,11H2,1-2H3,(H,12,13,14). The van der Waals surface area contributed by atoms with Gasteiger partial charge >= 0.3 is 0 Å². The van der Waals surface area contributed by atoms with E-state index in [1.807, 2.05) is 6.92 Å². The third kappa shape index (κ3) is 3.88. The number of aromatic nitrogens is 4. The van der Waals surface area contributed by atoms with Crippen LogP contribution in [0.15, 0.2) is 20.7 Å². The first kappa shape index (κ1) is 13.7. The fraction of sp³-hybridized carbons (Fsp3) is 0.400. The molecule has 8 nitrogen and oxygen atoms in total. The number of hydrazine groups is 1. The second-order valence-corrected chi connectivity index (χ2v) is 4.45. The molecule has 102 valence electrons. The van der Waals surface area contributed by atoms with Crippen molar-refractivity contribution in [3.8, 4) is 0 Å². The SMILES string of the molecule is CCOCc1nc(NN)cc(Sc2nnc(C)o2)n1. The van der Waals surface area contributed by atoms with E-state index in [0.717, 1.165) is 0 Å². The van der Waals surface area contributed by atoms with Crippen molar-refractivity contribution in [3.05, 3.63) is 17.8 Å². The van der Waals surface area contributed by atoms with E-state index in [0.29, 0.717) is 41.0 Å². The molecule has 0 bridgehead atoms. The van der Waals surface area contributed by atoms with Crippen molar-refractivity contribution in [1.29, 1.82) is 0 Å². The van der Waals surface area contributed by atoms with Crippen LogP contribution in [0.1, 0.15) is 18.6 Å². The van der Waals surface area contributed by atoms with Crippen molar-refractivity contribution in [2.24, 2.45) is 5.84 Å². The van der Waals surface area contributed by atoms with Crippen molar-refractivity contribution in [2.45, 2.75) is 30.7 Å². The zero-order chi connectivity index (χ0) is 13.7. The topological polar surface area (TPSA) is 112 Å². The molecule has 0 saturated carbocycles. The van der Waals surface area contributed by atoms with Gasteiger partial charge in [-0.05, 0) is 18.7 Å². The van der Waals surface area contributed by atoms with Crippen LogP contribution < -0.4 is 11.3 Å². The molecule has 2 heterocycles. The van der Waals surface area contributed by atoms with Crippen LogP contribution in [0, 0.1) is 6.92 Å². The van der Waals surface area contributed by atoms with Gasteiger partial charge in [0.05, 0.1) is 0 Å². The molecular weight excluding hydrogens is 268 g/mol. The van der Waals surface area contributed by atoms with Gasteiger partial charge < -0.3 is 14.6 Å². The number of nitrogens with one attached hydrogen (secondary N) is 1. The molecule has 2 aromatic rings. The molecule has 0 spiro atoms. The van der Waals surface area contributed by atoms with E-state index in [1.165, 1.54) is 11.8 Å². The van der Waals surface area contributed by atoms with Crippen LogP contribution in [0.3, 0.4) is 0 Å². The molecule has 9 heteroatoms. The first-order valence-electron chi connectivity index (χ1n) is 5.61. The Kier molecular flexibility index (Phi) is 4.66. The van der Waals surface area contributed by atoms with E-state index < -0.39 is 0 Å². The minimum Gasteiger partial charge on any atom is -0.416 e. The van der Waals surface area contributed by atoms with Crippen LogP contribution in [0.25, 0.3) is 0 Å². The summed E-state index contributed by atoms with van der Waals surface area (Å²) >= 11 is 1.24. The van der Waals surface area contributed by atoms with E-state index in [9.17, 15) is 0 Å². The average molecular weight is 282 g/mol. The zero-order valence-electron chi connectivity index (χ0n) is 10.6. The third-order valence-electron chi connectivity index (χ3n) is 2.03. The molecule has 2 rings (SSSR count). The fourth-order valence-corrected chi connectivity index (χ4v) is 2.01. The average Bonchev–Trinajstić information content (AvgIpc) is 2.81. The second-order valence-electron chi connectivity index (χ2n) is 3.48. The second kappa shape index (κ2) is 6.45. The number of ether oxygens (including phenoxy) is 1. The molecule has 0 aliphatic rings. The molecule has 3 N–H and O–H groups in total. The number of aryl methyl sites for hydroxylation is 1. The molecular formula is C10H14N6O2S. The number of nitrogens with two attached hydrogens (primary N) is 1. The number of anilines is 1. The van der Waals surface area contributed by atoms with Gasteiger partial charge in [-0.1, -0.05) is 0 Å². The molecule has 0 saturated heterocycles. The van der Waals surface area contributed by atoms with Gasteiger partial charge in [-0.2, -0.15) is 0 Å². The van der Waals surface area contributed by atoms with Crippen molar-refractivity contribution in [1.82, 2.24) is 20.2 Å². The van der Waals surface area contributed by atoms with Gasteiger partial charge in [-0.25, -0.2) is 15.8 Å². The van der Waals surface area contributed by atoms with Crippen LogP contribution >= 0.6 is 11.8 Å². The quantitative estimate of drug-likeness (QED) is 0.457. The summed E-state index contributed by atoms with van der Waals surface area (Å²) < 4.78 is 10.6. The van der Waals surface area contributed by atoms with Crippen LogP contribution in [0.2, 0.25) is 0 Å². The predicted octanol–water partition coefficient (Wildman–Crippen LogP) is 1.14. The summed E-state index contributed by atoms with van der Waals surface area (Å²) in [6, 6.07) is 1.69. The van der Waals surface area contributed by atoms with Crippen LogP contribution in [0.5, 0.6) is 0 Å². The molecule has 2 aromatic heterocycles. The number of hydrogen-bond acceptors (Lipinski definition) is 9. The minimum atomic E-state index is 0.322. The third-order valence-corrected chi connectivity index (χ3v) is 2.79. The zero-order valence-corrected chi connectivity index (χ0v) is 11.4. The molecule has 0 amide bonds. The lowest BCUT2D eigenvalue weighted by Crippen LogP contribution is -2.11. The highest BCUT2D eigenvalue weighted by molar-refractivity contribution is 7.99. The summed E-state index contributed by atoms with van der Waals surface area (Å²) in [6.07, 6.45) is 0. The van der Waals surface area contributed by atoms with E-state index in [1.54, 1.807) is 13.0 Å². The monoisotopic (exact) mass is 282 g/mol. The molecule has 19 heavy (non-hydrogen) atoms. The Balaban J connectivity index is 2.18. The maximum Gasteiger partial charge on any atom is 0.282 e. The highest BCUT2D eigenvalue weighted by Crippen LogP contribution is 2.26. The van der Waals surface area contributed by atoms with Gasteiger partial charge in [0.15, 0.2) is 5.82 Å². The maximum absolute atomic E-state index is 5.37. The van der Waals surface area contributed by atoms with Gasteiger partial charge in [0.1, 0.15) is 17.5 Å². The van der Waals surface area contributed by atoms with Gasteiger partial charge in [0, 0.05) is 19.6 Å². The summed E-state index contributed by atoms with van der Waals surface area (Å²) in [5, 5.41) is 8.71. The molecule has 0 aliphatic carbocycles. The Morgan fingerprint density at radius 3 is 2.89 bits per heavy atom. The highest BCUT2D eigenvalue weighted by atomic mass is 32.2. The van der Waals surface area contributed by atoms with Crippen molar-refractivity contribution in [2.75, 3.05) is 12.0 Å². The highest BCUT2D eigenvalue weighted by Gasteiger charge is 2.10. The molecule has 0 atom stereocenters. The molecule has 0 unspecified atom stereocenters. The summed E-state index contributed by atoms with van der Waals surface area (Å²) in [4.78, 5) is 8.51. The largest absolute Gasteiger partial charge is 0.416 e. The van der Waals surface area contributed by atoms with Gasteiger partial charge in [0.25, 0.3) is 5.22 Å². The van der Waals surface area contributed by atoms with Crippen molar-refractivity contribution < 1.29 is 9.15 Å². The predicted molar refractivity (Wildman–Crippen MR) is 68.3 cm³/mol. The Bertz CT molecular complexity index is 547. The molecule has 0 aliphatic heterocycles. The number of hydrogen-bond donors (Lipinski definition) is 2. The number of nitrogens with zero attached hydrogens (tertiary/aromatic N) is 4. The number of rotatable bonds is 6. The minimum absolute atomic E-state index is 0.322. The smallest absolute Gasteiger partial charge is 0.282 e. The lowest BCUT2D eigenvalue weighted by Gasteiger charge is -2.06. The van der Waals surface area contributed by atoms with Gasteiger partial charge in [0.2, 0.25) is 5.89 Å². The van der Waals surface area contributed by atoms with Crippen LogP contribution in [0.4, 0.5) is 5.82 Å². The Hall–Kier alpha value is -1.71. The normalized spacial score (nSPS) is 10.7. The number of nitrogen functional groups attached to an aromatic ring is 1. The van der Waals surface area contributed by atoms with Crippen LogP contribution in [-0.2, 0) is 11.3 Å². The Morgan fingerprint density at radius 2 is 2.26 bits per heavy atom. The van der Waals surface area contributed by atoms with E-state index in [2.05, 4.69) is 25.6 Å². The van der Waals surface area contributed by atoms with Gasteiger partial charge in [-0.3, -0.25) is 0 Å². The van der Waals surface area contributed by atoms with Gasteiger partial charge in [-0.15, -0.1) is 10.2 Å². The Labute approximate surface area is 114 Å². The summed E-state index contributed by atoms with van der Waals surface area (Å²) in [5.41, 5.74) is 2.49. The van der Waals surface area contributed by atoms with Crippen molar-refractivity contribution >= 4 is 17.6 Å². The van der Waals surface area contributed by atoms with E-state index >= 15 is 0 Å². The van der Waals surface area contributed by atoms with Crippen LogP contribution in [-0.4, -0.2) is 26.8 Å². The molecule has 0 aromatic carbocycles. The maximum atomic E-state index is 5.37.